The molecule has 0 radical (unpaired) electrons. The van der Waals surface area contributed by atoms with Crippen LogP contribution in [-0.2, 0) is 6.42 Å². The van der Waals surface area contributed by atoms with Crippen LogP contribution in [0.5, 0.6) is 11.5 Å². The fourth-order valence-electron chi connectivity index (χ4n) is 2.55. The molecule has 0 amide bonds. The number of fused-ring (bicyclic) bond motifs is 1. The second kappa shape index (κ2) is 6.12. The first-order valence-electron chi connectivity index (χ1n) is 7.37. The van der Waals surface area contributed by atoms with Crippen molar-refractivity contribution in [2.45, 2.75) is 25.9 Å². The van der Waals surface area contributed by atoms with Gasteiger partial charge in [0.25, 0.3) is 5.56 Å². The number of halogens is 1. The van der Waals surface area contributed by atoms with E-state index in [1.807, 2.05) is 12.1 Å². The summed E-state index contributed by atoms with van der Waals surface area (Å²) < 4.78 is 11.8. The van der Waals surface area contributed by atoms with Gasteiger partial charge >= 0.3 is 0 Å². The number of para-hydroxylation sites is 1. The molecule has 2 aromatic rings. The zero-order chi connectivity index (χ0) is 16.4. The molecule has 0 unspecified atom stereocenters. The zero-order valence-corrected chi connectivity index (χ0v) is 13.7. The van der Waals surface area contributed by atoms with E-state index >= 15 is 0 Å². The summed E-state index contributed by atoms with van der Waals surface area (Å²) in [5.41, 5.74) is 1.01. The van der Waals surface area contributed by atoms with Gasteiger partial charge in [0.1, 0.15) is 17.2 Å². The molecular weight excluding hydrogens is 318 g/mol. The fourth-order valence-corrected chi connectivity index (χ4v) is 2.71. The van der Waals surface area contributed by atoms with E-state index in [0.29, 0.717) is 18.8 Å². The van der Waals surface area contributed by atoms with Gasteiger partial charge in [0, 0.05) is 18.5 Å². The fraction of sp³-hybridized carbons (Fsp3) is 0.375. The molecule has 0 saturated carbocycles. The summed E-state index contributed by atoms with van der Waals surface area (Å²) in [5.74, 6) is 1.54. The molecule has 0 saturated heterocycles. The minimum atomic E-state index is -0.422. The molecule has 23 heavy (non-hydrogen) atoms. The third-order valence-corrected chi connectivity index (χ3v) is 3.90. The summed E-state index contributed by atoms with van der Waals surface area (Å²) in [6.07, 6.45) is 2.33. The first-order valence-corrected chi connectivity index (χ1v) is 7.75. The van der Waals surface area contributed by atoms with E-state index in [4.69, 9.17) is 21.1 Å². The van der Waals surface area contributed by atoms with Gasteiger partial charge in [-0.05, 0) is 19.9 Å². The van der Waals surface area contributed by atoms with Crippen molar-refractivity contribution in [1.82, 2.24) is 10.2 Å². The van der Waals surface area contributed by atoms with Crippen LogP contribution in [0.2, 0.25) is 5.02 Å². The molecule has 7 heteroatoms. The molecule has 0 atom stereocenters. The molecule has 0 fully saturated rings. The SMILES string of the molecule is CC1(C)Cc2cccc(OCCNc3cn[nH]c(=O)c3Cl)c2O1. The lowest BCUT2D eigenvalue weighted by Crippen LogP contribution is -2.24. The van der Waals surface area contributed by atoms with Gasteiger partial charge in [0.2, 0.25) is 0 Å². The van der Waals surface area contributed by atoms with E-state index in [1.165, 1.54) is 6.20 Å². The van der Waals surface area contributed by atoms with Crippen molar-refractivity contribution in [1.29, 1.82) is 0 Å². The highest BCUT2D eigenvalue weighted by Crippen LogP contribution is 2.41. The van der Waals surface area contributed by atoms with Crippen LogP contribution in [0.25, 0.3) is 0 Å². The molecular formula is C16H18ClN3O3. The van der Waals surface area contributed by atoms with Gasteiger partial charge in [-0.25, -0.2) is 5.10 Å². The summed E-state index contributed by atoms with van der Waals surface area (Å²) in [6, 6.07) is 5.91. The third kappa shape index (κ3) is 3.42. The Hall–Kier alpha value is -2.21. The molecule has 1 aromatic heterocycles. The van der Waals surface area contributed by atoms with Crippen LogP contribution in [0.15, 0.2) is 29.2 Å². The molecule has 3 rings (SSSR count). The molecule has 1 aromatic carbocycles. The summed E-state index contributed by atoms with van der Waals surface area (Å²) in [4.78, 5) is 11.3. The molecule has 1 aliphatic rings. The lowest BCUT2D eigenvalue weighted by Gasteiger charge is -2.18. The summed E-state index contributed by atoms with van der Waals surface area (Å²) in [6.45, 7) is 5.00. The Morgan fingerprint density at radius 2 is 2.30 bits per heavy atom. The quantitative estimate of drug-likeness (QED) is 0.821. The maximum atomic E-state index is 11.3. The number of ether oxygens (including phenoxy) is 2. The van der Waals surface area contributed by atoms with Crippen LogP contribution in [-0.4, -0.2) is 29.0 Å². The second-order valence-electron chi connectivity index (χ2n) is 5.98. The molecule has 0 aliphatic carbocycles. The highest BCUT2D eigenvalue weighted by molar-refractivity contribution is 6.32. The average Bonchev–Trinajstić information content (AvgIpc) is 2.82. The van der Waals surface area contributed by atoms with Gasteiger partial charge in [0.05, 0.1) is 11.9 Å². The lowest BCUT2D eigenvalue weighted by molar-refractivity contribution is 0.132. The average molecular weight is 336 g/mol. The van der Waals surface area contributed by atoms with Crippen LogP contribution >= 0.6 is 11.6 Å². The van der Waals surface area contributed by atoms with Gasteiger partial charge in [-0.15, -0.1) is 0 Å². The zero-order valence-electron chi connectivity index (χ0n) is 13.0. The number of rotatable bonds is 5. The monoisotopic (exact) mass is 335 g/mol. The first kappa shape index (κ1) is 15.7. The van der Waals surface area contributed by atoms with Crippen LogP contribution in [0.4, 0.5) is 5.69 Å². The van der Waals surface area contributed by atoms with Gasteiger partial charge in [0.15, 0.2) is 11.5 Å². The molecule has 122 valence electrons. The minimum absolute atomic E-state index is 0.0886. The predicted octanol–water partition coefficient (Wildman–Crippen LogP) is 2.63. The van der Waals surface area contributed by atoms with Crippen LogP contribution in [0.3, 0.4) is 0 Å². The first-order chi connectivity index (χ1) is 11.0. The van der Waals surface area contributed by atoms with Crippen LogP contribution in [0.1, 0.15) is 19.4 Å². The number of hydrogen-bond acceptors (Lipinski definition) is 5. The van der Waals surface area contributed by atoms with Crippen molar-refractivity contribution in [2.75, 3.05) is 18.5 Å². The van der Waals surface area contributed by atoms with Crippen LogP contribution < -0.4 is 20.3 Å². The number of aromatic nitrogens is 2. The largest absolute Gasteiger partial charge is 0.488 e. The van der Waals surface area contributed by atoms with E-state index in [0.717, 1.165) is 23.5 Å². The number of aromatic amines is 1. The van der Waals surface area contributed by atoms with Gasteiger partial charge in [-0.3, -0.25) is 4.79 Å². The lowest BCUT2D eigenvalue weighted by atomic mass is 10.0. The smallest absolute Gasteiger partial charge is 0.285 e. The van der Waals surface area contributed by atoms with Crippen molar-refractivity contribution in [3.05, 3.63) is 45.3 Å². The highest BCUT2D eigenvalue weighted by Gasteiger charge is 2.32. The molecule has 2 N–H and O–H groups in total. The Bertz CT molecular complexity index is 773. The van der Waals surface area contributed by atoms with Crippen molar-refractivity contribution < 1.29 is 9.47 Å². The summed E-state index contributed by atoms with van der Waals surface area (Å²) in [7, 11) is 0. The third-order valence-electron chi connectivity index (χ3n) is 3.53. The Morgan fingerprint density at radius 1 is 1.48 bits per heavy atom. The maximum Gasteiger partial charge on any atom is 0.285 e. The van der Waals surface area contributed by atoms with Crippen molar-refractivity contribution >= 4 is 17.3 Å². The number of H-pyrrole nitrogens is 1. The summed E-state index contributed by atoms with van der Waals surface area (Å²) in [5, 5.41) is 9.08. The molecule has 0 spiro atoms. The highest BCUT2D eigenvalue weighted by atomic mass is 35.5. The van der Waals surface area contributed by atoms with E-state index in [1.54, 1.807) is 0 Å². The minimum Gasteiger partial charge on any atom is -0.488 e. The standard InChI is InChI=1S/C16H18ClN3O3/c1-16(2)8-10-4-3-5-12(14(10)23-16)22-7-6-18-11-9-19-20-15(21)13(11)17/h3-5,9H,6-8H2,1-2H3,(H2,18,20,21). The Labute approximate surface area is 138 Å². The molecule has 2 heterocycles. The van der Waals surface area contributed by atoms with Gasteiger partial charge < -0.3 is 14.8 Å². The van der Waals surface area contributed by atoms with Crippen molar-refractivity contribution in [3.8, 4) is 11.5 Å². The van der Waals surface area contributed by atoms with E-state index in [-0.39, 0.29) is 10.6 Å². The predicted molar refractivity (Wildman–Crippen MR) is 88.7 cm³/mol. The van der Waals surface area contributed by atoms with E-state index in [2.05, 4.69) is 35.4 Å². The topological polar surface area (TPSA) is 76.2 Å². The number of nitrogens with one attached hydrogen (secondary N) is 2. The Morgan fingerprint density at radius 3 is 3.13 bits per heavy atom. The Kier molecular flexibility index (Phi) is 4.17. The second-order valence-corrected chi connectivity index (χ2v) is 6.36. The maximum absolute atomic E-state index is 11.3. The van der Waals surface area contributed by atoms with Crippen molar-refractivity contribution in [3.63, 3.8) is 0 Å². The van der Waals surface area contributed by atoms with Gasteiger partial charge in [-0.2, -0.15) is 5.10 Å². The van der Waals surface area contributed by atoms with Crippen LogP contribution in [0, 0.1) is 0 Å². The van der Waals surface area contributed by atoms with Crippen molar-refractivity contribution in [2.24, 2.45) is 0 Å². The number of anilines is 1. The van der Waals surface area contributed by atoms with E-state index in [9.17, 15) is 4.79 Å². The number of benzene rings is 1. The molecule has 1 aliphatic heterocycles. The number of hydrogen-bond donors (Lipinski definition) is 2. The molecule has 6 nitrogen and oxygen atoms in total. The van der Waals surface area contributed by atoms with Gasteiger partial charge in [-0.1, -0.05) is 23.7 Å². The van der Waals surface area contributed by atoms with E-state index < -0.39 is 5.56 Å². The molecule has 0 bridgehead atoms. The Balaban J connectivity index is 1.59. The number of nitrogens with zero attached hydrogens (tertiary/aromatic N) is 1. The summed E-state index contributed by atoms with van der Waals surface area (Å²) >= 11 is 5.89. The normalized spacial score (nSPS) is 14.9.